The van der Waals surface area contributed by atoms with Gasteiger partial charge < -0.3 is 15.5 Å². The predicted molar refractivity (Wildman–Crippen MR) is 76.0 cm³/mol. The number of hydrogen-bond acceptors (Lipinski definition) is 4. The molecule has 0 aliphatic carbocycles. The lowest BCUT2D eigenvalue weighted by Crippen LogP contribution is -2.47. The summed E-state index contributed by atoms with van der Waals surface area (Å²) in [5, 5.41) is 0. The minimum Gasteiger partial charge on any atom is -0.397 e. The van der Waals surface area contributed by atoms with Gasteiger partial charge in [-0.15, -0.1) is 0 Å². The van der Waals surface area contributed by atoms with E-state index in [1.54, 1.807) is 12.3 Å². The van der Waals surface area contributed by atoms with E-state index in [1.165, 1.54) is 0 Å². The first-order chi connectivity index (χ1) is 8.99. The van der Waals surface area contributed by atoms with E-state index in [9.17, 15) is 4.79 Å². The fourth-order valence-corrected chi connectivity index (χ4v) is 2.50. The van der Waals surface area contributed by atoms with Crippen LogP contribution >= 0.6 is 0 Å². The number of hydrogen-bond donors (Lipinski definition) is 1. The van der Waals surface area contributed by atoms with Gasteiger partial charge in [-0.3, -0.25) is 9.78 Å². The molecule has 104 valence electrons. The molecule has 1 saturated heterocycles. The maximum atomic E-state index is 12.6. The Labute approximate surface area is 114 Å². The van der Waals surface area contributed by atoms with E-state index in [2.05, 4.69) is 24.0 Å². The van der Waals surface area contributed by atoms with E-state index in [-0.39, 0.29) is 5.91 Å². The van der Waals surface area contributed by atoms with Crippen LogP contribution in [0.1, 0.15) is 28.9 Å². The van der Waals surface area contributed by atoms with Crippen molar-refractivity contribution in [3.63, 3.8) is 0 Å². The fourth-order valence-electron chi connectivity index (χ4n) is 2.50. The number of nitrogens with zero attached hydrogens (tertiary/aromatic N) is 3. The number of aryl methyl sites for hydroxylation is 1. The molecule has 1 amide bonds. The maximum Gasteiger partial charge on any atom is 0.255 e. The van der Waals surface area contributed by atoms with Crippen molar-refractivity contribution in [1.82, 2.24) is 14.8 Å². The molecule has 0 saturated carbocycles. The zero-order chi connectivity index (χ0) is 14.0. The van der Waals surface area contributed by atoms with E-state index >= 15 is 0 Å². The molecule has 1 aliphatic heterocycles. The molecule has 1 aliphatic rings. The van der Waals surface area contributed by atoms with Crippen LogP contribution in [0.3, 0.4) is 0 Å². The number of carbonyl (C=O) groups is 1. The van der Waals surface area contributed by atoms with Crippen molar-refractivity contribution >= 4 is 11.6 Å². The molecule has 0 aromatic carbocycles. The number of amides is 1. The zero-order valence-corrected chi connectivity index (χ0v) is 11.9. The van der Waals surface area contributed by atoms with Crippen LogP contribution in [0, 0.1) is 6.92 Å². The van der Waals surface area contributed by atoms with Gasteiger partial charge in [0, 0.05) is 19.1 Å². The molecule has 0 spiro atoms. The molecule has 1 fully saturated rings. The van der Waals surface area contributed by atoms with Crippen molar-refractivity contribution in [3.8, 4) is 0 Å². The first-order valence-electron chi connectivity index (χ1n) is 6.67. The Hall–Kier alpha value is -1.62. The zero-order valence-electron chi connectivity index (χ0n) is 11.9. The molecule has 5 heteroatoms. The third kappa shape index (κ3) is 3.04. The van der Waals surface area contributed by atoms with Crippen LogP contribution in [0.15, 0.2) is 12.3 Å². The van der Waals surface area contributed by atoms with Crippen molar-refractivity contribution in [2.75, 3.05) is 32.9 Å². The van der Waals surface area contributed by atoms with Gasteiger partial charge in [0.2, 0.25) is 0 Å². The Bertz CT molecular complexity index is 473. The number of aromatic nitrogens is 1. The highest BCUT2D eigenvalue weighted by molar-refractivity contribution is 5.96. The second kappa shape index (κ2) is 5.57. The number of nitrogens with two attached hydrogens (primary N) is 1. The number of piperidine rings is 1. The van der Waals surface area contributed by atoms with Crippen molar-refractivity contribution in [3.05, 3.63) is 23.5 Å². The molecule has 0 radical (unpaired) electrons. The quantitative estimate of drug-likeness (QED) is 0.868. The van der Waals surface area contributed by atoms with Crippen molar-refractivity contribution in [2.45, 2.75) is 25.8 Å². The minimum atomic E-state index is 0.0452. The van der Waals surface area contributed by atoms with E-state index in [1.807, 2.05) is 11.8 Å². The van der Waals surface area contributed by atoms with Crippen LogP contribution in [0.5, 0.6) is 0 Å². The van der Waals surface area contributed by atoms with Crippen molar-refractivity contribution < 1.29 is 4.79 Å². The summed E-state index contributed by atoms with van der Waals surface area (Å²) < 4.78 is 0. The molecule has 1 atom stereocenters. The highest BCUT2D eigenvalue weighted by Gasteiger charge is 2.26. The lowest BCUT2D eigenvalue weighted by Gasteiger charge is -2.36. The smallest absolute Gasteiger partial charge is 0.255 e. The van der Waals surface area contributed by atoms with Gasteiger partial charge in [0.25, 0.3) is 5.91 Å². The third-order valence-corrected chi connectivity index (χ3v) is 3.75. The second-order valence-electron chi connectivity index (χ2n) is 5.41. The van der Waals surface area contributed by atoms with E-state index in [4.69, 9.17) is 5.73 Å². The highest BCUT2D eigenvalue weighted by Crippen LogP contribution is 2.18. The van der Waals surface area contributed by atoms with Gasteiger partial charge in [0.05, 0.1) is 23.1 Å². The van der Waals surface area contributed by atoms with Crippen LogP contribution in [-0.2, 0) is 0 Å². The van der Waals surface area contributed by atoms with E-state index in [0.29, 0.717) is 17.3 Å². The number of carbonyl (C=O) groups excluding carboxylic acids is 1. The summed E-state index contributed by atoms with van der Waals surface area (Å²) in [5.74, 6) is 0.0452. The summed E-state index contributed by atoms with van der Waals surface area (Å²) in [6.07, 6.45) is 3.78. The maximum absolute atomic E-state index is 12.6. The Kier molecular flexibility index (Phi) is 4.04. The average molecular weight is 262 g/mol. The topological polar surface area (TPSA) is 62.5 Å². The van der Waals surface area contributed by atoms with Gasteiger partial charge in [0.1, 0.15) is 0 Å². The molecule has 0 bridgehead atoms. The van der Waals surface area contributed by atoms with Crippen LogP contribution in [0.25, 0.3) is 0 Å². The lowest BCUT2D eigenvalue weighted by molar-refractivity contribution is 0.0634. The number of likely N-dealkylation sites (N-methyl/N-ethyl adjacent to an activating group) is 1. The summed E-state index contributed by atoms with van der Waals surface area (Å²) in [5.41, 5.74) is 7.63. The molecule has 2 heterocycles. The van der Waals surface area contributed by atoms with Crippen LogP contribution in [0.2, 0.25) is 0 Å². The summed E-state index contributed by atoms with van der Waals surface area (Å²) in [6, 6.07) is 2.16. The Morgan fingerprint density at radius 2 is 2.26 bits per heavy atom. The van der Waals surface area contributed by atoms with Gasteiger partial charge >= 0.3 is 0 Å². The normalized spacial score (nSPS) is 19.8. The molecule has 19 heavy (non-hydrogen) atoms. The molecule has 2 rings (SSSR count). The van der Waals surface area contributed by atoms with E-state index < -0.39 is 0 Å². The van der Waals surface area contributed by atoms with Gasteiger partial charge in [-0.25, -0.2) is 0 Å². The molecule has 1 unspecified atom stereocenters. The SMILES string of the molecule is Cc1ncc(N)cc1C(=O)N1CCCC(N(C)C)C1. The molecular formula is C14H22N4O. The summed E-state index contributed by atoms with van der Waals surface area (Å²) in [7, 11) is 4.12. The van der Waals surface area contributed by atoms with Crippen LogP contribution in [-0.4, -0.2) is 53.9 Å². The number of nitrogen functional groups attached to an aromatic ring is 1. The first-order valence-corrected chi connectivity index (χ1v) is 6.67. The Balaban J connectivity index is 2.17. The van der Waals surface area contributed by atoms with Crippen LogP contribution in [0.4, 0.5) is 5.69 Å². The largest absolute Gasteiger partial charge is 0.397 e. The number of likely N-dealkylation sites (tertiary alicyclic amines) is 1. The minimum absolute atomic E-state index is 0.0452. The lowest BCUT2D eigenvalue weighted by atomic mass is 10.0. The van der Waals surface area contributed by atoms with Gasteiger partial charge in [-0.05, 0) is 39.9 Å². The molecule has 5 nitrogen and oxygen atoms in total. The third-order valence-electron chi connectivity index (χ3n) is 3.75. The first kappa shape index (κ1) is 13.8. The standard InChI is InChI=1S/C14H22N4O/c1-10-13(7-11(15)8-16-10)14(19)18-6-4-5-12(9-18)17(2)3/h7-8,12H,4-6,9,15H2,1-3H3. The Morgan fingerprint density at radius 3 is 2.95 bits per heavy atom. The molecule has 1 aromatic rings. The van der Waals surface area contributed by atoms with Gasteiger partial charge in [0.15, 0.2) is 0 Å². The predicted octanol–water partition coefficient (Wildman–Crippen LogP) is 1.14. The summed E-state index contributed by atoms with van der Waals surface area (Å²) in [4.78, 5) is 20.8. The van der Waals surface area contributed by atoms with E-state index in [0.717, 1.165) is 31.6 Å². The van der Waals surface area contributed by atoms with Gasteiger partial charge in [-0.1, -0.05) is 0 Å². The van der Waals surface area contributed by atoms with Crippen molar-refractivity contribution in [2.24, 2.45) is 0 Å². The second-order valence-corrected chi connectivity index (χ2v) is 5.41. The number of anilines is 1. The number of pyridine rings is 1. The van der Waals surface area contributed by atoms with Crippen molar-refractivity contribution in [1.29, 1.82) is 0 Å². The molecule has 1 aromatic heterocycles. The monoisotopic (exact) mass is 262 g/mol. The van der Waals surface area contributed by atoms with Crippen LogP contribution < -0.4 is 5.73 Å². The summed E-state index contributed by atoms with van der Waals surface area (Å²) >= 11 is 0. The molecular weight excluding hydrogens is 240 g/mol. The van der Waals surface area contributed by atoms with Gasteiger partial charge in [-0.2, -0.15) is 0 Å². The Morgan fingerprint density at radius 1 is 1.53 bits per heavy atom. The molecule has 2 N–H and O–H groups in total. The average Bonchev–Trinajstić information content (AvgIpc) is 2.41. The highest BCUT2D eigenvalue weighted by atomic mass is 16.2. The number of rotatable bonds is 2. The summed E-state index contributed by atoms with van der Waals surface area (Å²) in [6.45, 7) is 3.44. The fraction of sp³-hybridized carbons (Fsp3) is 0.571.